The Hall–Kier alpha value is 4.83. The van der Waals surface area contributed by atoms with Gasteiger partial charge in [-0.2, -0.15) is 34.4 Å². The van der Waals surface area contributed by atoms with Gasteiger partial charge in [0.15, 0.2) is 0 Å². The Labute approximate surface area is 158 Å². The average Bonchev–Trinajstić information content (AvgIpc) is 0.811. The number of halogens is 3. The third kappa shape index (κ3) is 36.2. The summed E-state index contributed by atoms with van der Waals surface area (Å²) in [6.07, 6.45) is 0. The molecular formula is BBaCl3RbSe. The summed E-state index contributed by atoms with van der Waals surface area (Å²) >= 11 is 14.4. The van der Waals surface area contributed by atoms with Crippen molar-refractivity contribution in [2.24, 2.45) is 0 Å². The van der Waals surface area contributed by atoms with E-state index < -0.39 is 4.96 Å². The van der Waals surface area contributed by atoms with E-state index >= 15 is 0 Å². The van der Waals surface area contributed by atoms with Gasteiger partial charge in [-0.3, -0.25) is 0 Å². The van der Waals surface area contributed by atoms with Crippen LogP contribution in [0.2, 0.25) is 0 Å². The molecule has 0 saturated heterocycles. The standard InChI is InChI=1S/BCl3.Ba.Rb.Se/c2-1(3)4;;;. The van der Waals surface area contributed by atoms with Crippen molar-refractivity contribution in [2.45, 2.75) is 0 Å². The summed E-state index contributed by atoms with van der Waals surface area (Å²) in [7, 11) is 0. The molecule has 0 spiro atoms. The molecule has 0 saturated carbocycles. The van der Waals surface area contributed by atoms with E-state index in [2.05, 4.69) is 0 Å². The van der Waals surface area contributed by atoms with Gasteiger partial charge in [0.05, 0.1) is 0 Å². The monoisotopic (exact) mass is 419 g/mol. The van der Waals surface area contributed by atoms with Crippen molar-refractivity contribution in [3.63, 3.8) is 0 Å². The van der Waals surface area contributed by atoms with Gasteiger partial charge in [-0.15, -0.1) is 0 Å². The molecule has 0 aliphatic rings. The fourth-order valence-corrected chi connectivity index (χ4v) is 0. The minimum absolute atomic E-state index is 0. The van der Waals surface area contributed by atoms with Crippen molar-refractivity contribution < 1.29 is 0 Å². The van der Waals surface area contributed by atoms with Gasteiger partial charge in [-0.1, -0.05) is 0 Å². The van der Waals surface area contributed by atoms with E-state index in [4.69, 9.17) is 34.4 Å². The Kier molecular flexibility index (Phi) is 55.2. The first-order chi connectivity index (χ1) is 1.73. The van der Waals surface area contributed by atoms with E-state index in [-0.39, 0.29) is 124 Å². The van der Waals surface area contributed by atoms with Crippen molar-refractivity contribution >= 4 is 163 Å². The number of hydrogen-bond donors (Lipinski definition) is 0. The van der Waals surface area contributed by atoms with Crippen LogP contribution in [0.5, 0.6) is 0 Å². The van der Waals surface area contributed by atoms with Gasteiger partial charge in [0.25, 0.3) is 0 Å². The van der Waals surface area contributed by atoms with Gasteiger partial charge in [-0.25, -0.2) is 0 Å². The second kappa shape index (κ2) is 17.1. The molecule has 0 aromatic rings. The van der Waals surface area contributed by atoms with Gasteiger partial charge in [-0.05, 0) is 0 Å². The molecule has 0 nitrogen and oxygen atoms in total. The Morgan fingerprint density at radius 1 is 1.00 bits per heavy atom. The Bertz CT molecular complexity index is 19.7. The second-order valence-corrected chi connectivity index (χ2v) is 2.23. The van der Waals surface area contributed by atoms with Crippen molar-refractivity contribution in [1.82, 2.24) is 0 Å². The first kappa shape index (κ1) is 22.6. The molecule has 0 rings (SSSR count). The zero-order valence-corrected chi connectivity index (χ0v) is 17.2. The van der Waals surface area contributed by atoms with E-state index in [0.717, 1.165) is 0 Å². The quantitative estimate of drug-likeness (QED) is 0.504. The summed E-state index contributed by atoms with van der Waals surface area (Å²) in [5.74, 6) is 0. The Morgan fingerprint density at radius 2 is 1.00 bits per heavy atom. The molecule has 0 aromatic carbocycles. The molecule has 7 heavy (non-hydrogen) atoms. The zero-order chi connectivity index (χ0) is 3.58. The van der Waals surface area contributed by atoms with Crippen LogP contribution >= 0.6 is 34.4 Å². The van der Waals surface area contributed by atoms with Crippen LogP contribution < -0.4 is 0 Å². The molecular weight excluding hydrogens is 419 g/mol. The van der Waals surface area contributed by atoms with Crippen LogP contribution in [0.4, 0.5) is 0 Å². The van der Waals surface area contributed by atoms with Crippen LogP contribution in [0.15, 0.2) is 0 Å². The summed E-state index contributed by atoms with van der Waals surface area (Å²) < 4.78 is 0. The summed E-state index contributed by atoms with van der Waals surface area (Å²) in [6, 6.07) is 0. The molecule has 0 aromatic heterocycles. The molecule has 33 valence electrons. The average molecular weight is 419 g/mol. The van der Waals surface area contributed by atoms with Crippen molar-refractivity contribution in [1.29, 1.82) is 0 Å². The maximum atomic E-state index is 4.81. The Morgan fingerprint density at radius 3 is 1.00 bits per heavy atom. The van der Waals surface area contributed by atoms with Crippen LogP contribution in [-0.4, -0.2) is 129 Å². The minimum Gasteiger partial charge on any atom is -0.150 e. The van der Waals surface area contributed by atoms with Gasteiger partial charge >= 0.3 is 4.96 Å². The Balaban J connectivity index is -0.0000000150. The van der Waals surface area contributed by atoms with Gasteiger partial charge in [0, 0.05) is 124 Å². The SMILES string of the molecule is ClB(Cl)Cl.[Ba].[Rb].[Se]. The minimum atomic E-state index is -0.750. The molecule has 0 aliphatic carbocycles. The maximum absolute atomic E-state index is 4.81. The van der Waals surface area contributed by atoms with Crippen LogP contribution in [0.1, 0.15) is 0 Å². The van der Waals surface area contributed by atoms with Gasteiger partial charge in [0.2, 0.25) is 0 Å². The van der Waals surface area contributed by atoms with E-state index in [1.165, 1.54) is 0 Å². The summed E-state index contributed by atoms with van der Waals surface area (Å²) in [4.78, 5) is -0.750. The molecule has 0 amide bonds. The molecule has 0 heterocycles. The molecule has 5 radical (unpaired) electrons. The third-order valence-electron chi connectivity index (χ3n) is 0. The number of rotatable bonds is 0. The van der Waals surface area contributed by atoms with Gasteiger partial charge in [0.1, 0.15) is 0 Å². The molecule has 0 atom stereocenters. The van der Waals surface area contributed by atoms with Crippen molar-refractivity contribution in [3.05, 3.63) is 0 Å². The van der Waals surface area contributed by atoms with E-state index in [9.17, 15) is 0 Å². The summed E-state index contributed by atoms with van der Waals surface area (Å²) in [5.41, 5.74) is 0. The second-order valence-electron chi connectivity index (χ2n) is 0.247. The van der Waals surface area contributed by atoms with Crippen LogP contribution in [0.3, 0.4) is 0 Å². The topological polar surface area (TPSA) is 0 Å². The fraction of sp³-hybridized carbons (Fsp3) is 0. The maximum Gasteiger partial charge on any atom is 0.450 e. The van der Waals surface area contributed by atoms with E-state index in [0.29, 0.717) is 0 Å². The zero-order valence-electron chi connectivity index (χ0n) is 3.83. The van der Waals surface area contributed by atoms with Crippen LogP contribution in [0, 0.1) is 0 Å². The molecule has 0 unspecified atom stereocenters. The summed E-state index contributed by atoms with van der Waals surface area (Å²) in [6.45, 7) is 0. The van der Waals surface area contributed by atoms with Crippen molar-refractivity contribution in [3.8, 4) is 0 Å². The largest absolute Gasteiger partial charge is 0.450 e. The molecule has 0 aliphatic heterocycles. The van der Waals surface area contributed by atoms with E-state index in [1.807, 2.05) is 0 Å². The molecule has 0 N–H and O–H groups in total. The normalized spacial score (nSPS) is 3.86. The van der Waals surface area contributed by atoms with Gasteiger partial charge < -0.3 is 0 Å². The van der Waals surface area contributed by atoms with E-state index in [1.54, 1.807) is 0 Å². The fourth-order valence-electron chi connectivity index (χ4n) is 0. The first-order valence-electron chi connectivity index (χ1n) is 0.655. The number of hydrogen-bond acceptors (Lipinski definition) is 0. The van der Waals surface area contributed by atoms with Crippen LogP contribution in [0.25, 0.3) is 0 Å². The smallest absolute Gasteiger partial charge is 0.150 e. The molecule has 7 heteroatoms. The third-order valence-corrected chi connectivity index (χ3v) is 0. The molecule has 0 bridgehead atoms. The predicted molar refractivity (Wildman–Crippen MR) is 40.6 cm³/mol. The first-order valence-corrected chi connectivity index (χ1v) is 1.96. The van der Waals surface area contributed by atoms with Crippen LogP contribution in [-0.2, 0) is 0 Å². The molecule has 0 fully saturated rings. The predicted octanol–water partition coefficient (Wildman–Crippen LogP) is 0.545. The summed E-state index contributed by atoms with van der Waals surface area (Å²) in [5, 5.41) is 0. The van der Waals surface area contributed by atoms with Crippen molar-refractivity contribution in [2.75, 3.05) is 0 Å².